The van der Waals surface area contributed by atoms with E-state index in [1.165, 1.54) is 5.56 Å². The van der Waals surface area contributed by atoms with Crippen molar-refractivity contribution in [1.82, 2.24) is 0 Å². The number of benzene rings is 2. The number of aryl methyl sites for hydroxylation is 1. The molecule has 0 radical (unpaired) electrons. The molecular formula is C14H15N3S. The van der Waals surface area contributed by atoms with E-state index in [0.29, 0.717) is 0 Å². The van der Waals surface area contributed by atoms with Crippen LogP contribution in [0.2, 0.25) is 0 Å². The summed E-state index contributed by atoms with van der Waals surface area (Å²) in [4.78, 5) is 3.23. The maximum Gasteiger partial charge on any atom is 0.134 e. The van der Waals surface area contributed by atoms with E-state index in [1.54, 1.807) is 11.8 Å². The summed E-state index contributed by atoms with van der Waals surface area (Å²) >= 11 is 1.64. The molecule has 2 aromatic carbocycles. The van der Waals surface area contributed by atoms with E-state index < -0.39 is 0 Å². The summed E-state index contributed by atoms with van der Waals surface area (Å²) in [6.07, 6.45) is 0. The largest absolute Gasteiger partial charge is 0.397 e. The lowest BCUT2D eigenvalue weighted by Gasteiger charge is -2.24. The Morgan fingerprint density at radius 2 is 1.83 bits per heavy atom. The summed E-state index contributed by atoms with van der Waals surface area (Å²) in [5.74, 6) is 0. The second kappa shape index (κ2) is 4.23. The number of para-hydroxylation sites is 1. The van der Waals surface area contributed by atoms with Crippen molar-refractivity contribution in [1.29, 1.82) is 0 Å². The van der Waals surface area contributed by atoms with E-state index in [9.17, 15) is 0 Å². The monoisotopic (exact) mass is 257 g/mol. The number of hydrogen-bond acceptors (Lipinski definition) is 4. The SMILES string of the molecule is Cc1ccc(N2c3c(N)cccc3SC2N)cc1. The molecule has 1 atom stereocenters. The highest BCUT2D eigenvalue weighted by atomic mass is 32.2. The Bertz CT molecular complexity index is 580. The van der Waals surface area contributed by atoms with Crippen LogP contribution in [-0.2, 0) is 0 Å². The van der Waals surface area contributed by atoms with E-state index in [1.807, 2.05) is 12.1 Å². The molecule has 3 rings (SSSR count). The molecule has 1 unspecified atom stereocenters. The molecule has 0 aromatic heterocycles. The van der Waals surface area contributed by atoms with Crippen LogP contribution in [0.15, 0.2) is 47.4 Å². The van der Waals surface area contributed by atoms with Gasteiger partial charge in [-0.3, -0.25) is 0 Å². The molecule has 18 heavy (non-hydrogen) atoms. The van der Waals surface area contributed by atoms with E-state index in [-0.39, 0.29) is 5.50 Å². The molecule has 0 bridgehead atoms. The summed E-state index contributed by atoms with van der Waals surface area (Å²) in [5.41, 5.74) is 16.3. The molecular weight excluding hydrogens is 242 g/mol. The van der Waals surface area contributed by atoms with Crippen molar-refractivity contribution in [3.8, 4) is 0 Å². The molecule has 0 aliphatic carbocycles. The summed E-state index contributed by atoms with van der Waals surface area (Å²) in [7, 11) is 0. The number of nitrogen functional groups attached to an aromatic ring is 1. The van der Waals surface area contributed by atoms with E-state index >= 15 is 0 Å². The van der Waals surface area contributed by atoms with Crippen molar-refractivity contribution < 1.29 is 0 Å². The van der Waals surface area contributed by atoms with Gasteiger partial charge in [-0.15, -0.1) is 0 Å². The Balaban J connectivity index is 2.11. The van der Waals surface area contributed by atoms with Gasteiger partial charge in [-0.1, -0.05) is 35.5 Å². The van der Waals surface area contributed by atoms with Crippen molar-refractivity contribution in [3.63, 3.8) is 0 Å². The minimum absolute atomic E-state index is 0.118. The Morgan fingerprint density at radius 3 is 2.56 bits per heavy atom. The second-order valence-electron chi connectivity index (χ2n) is 4.41. The first-order valence-corrected chi connectivity index (χ1v) is 6.71. The smallest absolute Gasteiger partial charge is 0.134 e. The van der Waals surface area contributed by atoms with Crippen molar-refractivity contribution in [2.45, 2.75) is 17.3 Å². The zero-order chi connectivity index (χ0) is 12.7. The van der Waals surface area contributed by atoms with Gasteiger partial charge in [0.05, 0.1) is 11.4 Å². The molecule has 3 nitrogen and oxygen atoms in total. The summed E-state index contributed by atoms with van der Waals surface area (Å²) in [6.45, 7) is 2.07. The van der Waals surface area contributed by atoms with E-state index in [4.69, 9.17) is 11.5 Å². The van der Waals surface area contributed by atoms with Gasteiger partial charge in [0.25, 0.3) is 0 Å². The van der Waals surface area contributed by atoms with Gasteiger partial charge in [-0.05, 0) is 31.2 Å². The Hall–Kier alpha value is -1.65. The van der Waals surface area contributed by atoms with Crippen molar-refractivity contribution >= 4 is 28.8 Å². The molecule has 2 aromatic rings. The van der Waals surface area contributed by atoms with E-state index in [2.05, 4.69) is 42.2 Å². The third kappa shape index (κ3) is 1.74. The zero-order valence-electron chi connectivity index (χ0n) is 10.1. The van der Waals surface area contributed by atoms with Gasteiger partial charge < -0.3 is 16.4 Å². The maximum atomic E-state index is 6.20. The van der Waals surface area contributed by atoms with Gasteiger partial charge in [0.15, 0.2) is 0 Å². The standard InChI is InChI=1S/C14H15N3S/c1-9-5-7-10(8-6-9)17-13-11(15)3-2-4-12(13)18-14(17)16/h2-8,14H,15-16H2,1H3. The van der Waals surface area contributed by atoms with Gasteiger partial charge in [-0.25, -0.2) is 0 Å². The van der Waals surface area contributed by atoms with Crippen molar-refractivity contribution in [3.05, 3.63) is 48.0 Å². The predicted octanol–water partition coefficient (Wildman–Crippen LogP) is 3.06. The fourth-order valence-electron chi connectivity index (χ4n) is 2.18. The third-order valence-electron chi connectivity index (χ3n) is 3.09. The third-order valence-corrected chi connectivity index (χ3v) is 4.12. The highest BCUT2D eigenvalue weighted by Gasteiger charge is 2.30. The van der Waals surface area contributed by atoms with Crippen LogP contribution < -0.4 is 16.4 Å². The molecule has 92 valence electrons. The number of nitrogens with two attached hydrogens (primary N) is 2. The van der Waals surface area contributed by atoms with Crippen LogP contribution in [0, 0.1) is 6.92 Å². The van der Waals surface area contributed by atoms with Gasteiger partial charge >= 0.3 is 0 Å². The van der Waals surface area contributed by atoms with Crippen LogP contribution >= 0.6 is 11.8 Å². The van der Waals surface area contributed by atoms with Crippen LogP contribution in [0.1, 0.15) is 5.56 Å². The first-order chi connectivity index (χ1) is 8.66. The predicted molar refractivity (Wildman–Crippen MR) is 78.0 cm³/mol. The van der Waals surface area contributed by atoms with Gasteiger partial charge in [-0.2, -0.15) is 0 Å². The van der Waals surface area contributed by atoms with Crippen LogP contribution in [0.3, 0.4) is 0 Å². The lowest BCUT2D eigenvalue weighted by atomic mass is 10.2. The first-order valence-electron chi connectivity index (χ1n) is 5.83. The Labute approximate surface area is 111 Å². The molecule has 1 aliphatic heterocycles. The van der Waals surface area contributed by atoms with Crippen molar-refractivity contribution in [2.24, 2.45) is 5.73 Å². The average Bonchev–Trinajstić information content (AvgIpc) is 2.68. The molecule has 0 saturated heterocycles. The fraction of sp³-hybridized carbons (Fsp3) is 0.143. The van der Waals surface area contributed by atoms with Crippen LogP contribution in [0.5, 0.6) is 0 Å². The molecule has 4 N–H and O–H groups in total. The number of anilines is 3. The topological polar surface area (TPSA) is 55.3 Å². The molecule has 1 aliphatic rings. The zero-order valence-corrected chi connectivity index (χ0v) is 10.9. The number of rotatable bonds is 1. The first kappa shape index (κ1) is 11.4. The van der Waals surface area contributed by atoms with Gasteiger partial charge in [0.1, 0.15) is 5.50 Å². The summed E-state index contributed by atoms with van der Waals surface area (Å²) in [6, 6.07) is 14.3. The second-order valence-corrected chi connectivity index (χ2v) is 5.57. The van der Waals surface area contributed by atoms with Crippen LogP contribution in [-0.4, -0.2) is 5.50 Å². The number of nitrogens with zero attached hydrogens (tertiary/aromatic N) is 1. The molecule has 0 fully saturated rings. The number of thioether (sulfide) groups is 1. The molecule has 0 saturated carbocycles. The minimum atomic E-state index is -0.118. The molecule has 1 heterocycles. The quantitative estimate of drug-likeness (QED) is 0.771. The van der Waals surface area contributed by atoms with Crippen LogP contribution in [0.4, 0.5) is 17.1 Å². The lowest BCUT2D eigenvalue weighted by molar-refractivity contribution is 0.933. The van der Waals surface area contributed by atoms with Gasteiger partial charge in [0.2, 0.25) is 0 Å². The summed E-state index contributed by atoms with van der Waals surface area (Å²) in [5, 5.41) is 0. The summed E-state index contributed by atoms with van der Waals surface area (Å²) < 4.78 is 0. The van der Waals surface area contributed by atoms with Crippen molar-refractivity contribution in [2.75, 3.05) is 10.6 Å². The maximum absolute atomic E-state index is 6.20. The minimum Gasteiger partial charge on any atom is -0.397 e. The number of hydrogen-bond donors (Lipinski definition) is 2. The Kier molecular flexibility index (Phi) is 2.69. The highest BCUT2D eigenvalue weighted by Crippen LogP contribution is 2.48. The van der Waals surface area contributed by atoms with Gasteiger partial charge in [0, 0.05) is 10.6 Å². The molecule has 0 spiro atoms. The van der Waals surface area contributed by atoms with Crippen LogP contribution in [0.25, 0.3) is 0 Å². The average molecular weight is 257 g/mol. The normalized spacial score (nSPS) is 17.9. The fourth-order valence-corrected chi connectivity index (χ4v) is 3.26. The molecule has 4 heteroatoms. The highest BCUT2D eigenvalue weighted by molar-refractivity contribution is 8.00. The Morgan fingerprint density at radius 1 is 1.11 bits per heavy atom. The van der Waals surface area contributed by atoms with E-state index in [0.717, 1.165) is 22.0 Å². The number of fused-ring (bicyclic) bond motifs is 1. The lowest BCUT2D eigenvalue weighted by Crippen LogP contribution is -2.32. The molecule has 0 amide bonds.